The van der Waals surface area contributed by atoms with E-state index in [-0.39, 0.29) is 17.9 Å². The molecule has 1 amide bonds. The van der Waals surface area contributed by atoms with Crippen LogP contribution in [0.4, 0.5) is 0 Å². The minimum Gasteiger partial charge on any atom is -0.396 e. The Bertz CT molecular complexity index is 577. The van der Waals surface area contributed by atoms with Gasteiger partial charge in [0.2, 0.25) is 0 Å². The second kappa shape index (κ2) is 5.88. The molecule has 1 aromatic carbocycles. The number of carbonyl (C=O) groups excluding carboxylic acids is 1. The molecule has 20 heavy (non-hydrogen) atoms. The van der Waals surface area contributed by atoms with Crippen molar-refractivity contribution in [2.45, 2.75) is 13.8 Å². The van der Waals surface area contributed by atoms with Gasteiger partial charge in [-0.1, -0.05) is 26.0 Å². The van der Waals surface area contributed by atoms with Crippen molar-refractivity contribution in [2.75, 3.05) is 13.2 Å². The van der Waals surface area contributed by atoms with Gasteiger partial charge in [-0.25, -0.2) is 0 Å². The van der Waals surface area contributed by atoms with Gasteiger partial charge in [0.05, 0.1) is 6.20 Å². The number of aromatic amines is 1. The monoisotopic (exact) mass is 273 g/mol. The molecule has 2 rings (SSSR count). The standard InChI is InChI=1S/C15H19N3O2/c1-15(2,10-19)9-16-14(20)12-5-3-4-11(6-12)13-7-17-18-8-13/h3-8,19H,9-10H2,1-2H3,(H,16,20)(H,17,18). The van der Waals surface area contributed by atoms with Crippen LogP contribution in [0.3, 0.4) is 0 Å². The van der Waals surface area contributed by atoms with E-state index >= 15 is 0 Å². The molecule has 0 bridgehead atoms. The van der Waals surface area contributed by atoms with Gasteiger partial charge in [-0.2, -0.15) is 5.10 Å². The first-order chi connectivity index (χ1) is 9.52. The zero-order valence-electron chi connectivity index (χ0n) is 11.7. The zero-order chi connectivity index (χ0) is 14.6. The maximum atomic E-state index is 12.1. The second-order valence-electron chi connectivity index (χ2n) is 5.57. The van der Waals surface area contributed by atoms with E-state index < -0.39 is 0 Å². The predicted octanol–water partition coefficient (Wildman–Crippen LogP) is 1.82. The van der Waals surface area contributed by atoms with E-state index in [1.165, 1.54) is 0 Å². The zero-order valence-corrected chi connectivity index (χ0v) is 11.7. The molecule has 0 spiro atoms. The summed E-state index contributed by atoms with van der Waals surface area (Å²) in [5.74, 6) is -0.142. The second-order valence-corrected chi connectivity index (χ2v) is 5.57. The normalized spacial score (nSPS) is 11.3. The van der Waals surface area contributed by atoms with E-state index in [0.29, 0.717) is 12.1 Å². The van der Waals surface area contributed by atoms with Gasteiger partial charge >= 0.3 is 0 Å². The molecule has 0 radical (unpaired) electrons. The summed E-state index contributed by atoms with van der Waals surface area (Å²) in [7, 11) is 0. The third-order valence-electron chi connectivity index (χ3n) is 3.11. The Morgan fingerprint density at radius 3 is 2.85 bits per heavy atom. The van der Waals surface area contributed by atoms with Crippen LogP contribution >= 0.6 is 0 Å². The summed E-state index contributed by atoms with van der Waals surface area (Å²) < 4.78 is 0. The van der Waals surface area contributed by atoms with Gasteiger partial charge in [0.15, 0.2) is 0 Å². The highest BCUT2D eigenvalue weighted by Gasteiger charge is 2.18. The average molecular weight is 273 g/mol. The molecule has 2 aromatic rings. The number of benzene rings is 1. The number of aliphatic hydroxyl groups excluding tert-OH is 1. The molecule has 0 atom stereocenters. The number of rotatable bonds is 5. The molecule has 0 saturated carbocycles. The quantitative estimate of drug-likeness (QED) is 0.777. The van der Waals surface area contributed by atoms with Gasteiger partial charge in [-0.15, -0.1) is 0 Å². The van der Waals surface area contributed by atoms with Crippen LogP contribution in [0.2, 0.25) is 0 Å². The van der Waals surface area contributed by atoms with Crippen molar-refractivity contribution < 1.29 is 9.90 Å². The van der Waals surface area contributed by atoms with E-state index in [0.717, 1.165) is 11.1 Å². The van der Waals surface area contributed by atoms with Gasteiger partial charge in [0.1, 0.15) is 0 Å². The molecule has 1 heterocycles. The summed E-state index contributed by atoms with van der Waals surface area (Å²) in [4.78, 5) is 12.1. The molecular formula is C15H19N3O2. The van der Waals surface area contributed by atoms with Crippen molar-refractivity contribution in [1.82, 2.24) is 15.5 Å². The Labute approximate surface area is 118 Å². The van der Waals surface area contributed by atoms with Gasteiger partial charge in [-0.3, -0.25) is 9.89 Å². The first-order valence-corrected chi connectivity index (χ1v) is 6.50. The summed E-state index contributed by atoms with van der Waals surface area (Å²) in [5, 5.41) is 18.7. The lowest BCUT2D eigenvalue weighted by Gasteiger charge is -2.21. The number of H-pyrrole nitrogens is 1. The lowest BCUT2D eigenvalue weighted by Crippen LogP contribution is -2.36. The van der Waals surface area contributed by atoms with Crippen molar-refractivity contribution in [3.63, 3.8) is 0 Å². The van der Waals surface area contributed by atoms with Crippen LogP contribution < -0.4 is 5.32 Å². The maximum absolute atomic E-state index is 12.1. The number of hydrogen-bond donors (Lipinski definition) is 3. The smallest absolute Gasteiger partial charge is 0.251 e. The van der Waals surface area contributed by atoms with Crippen LogP contribution in [0.15, 0.2) is 36.7 Å². The SMILES string of the molecule is CC(C)(CO)CNC(=O)c1cccc(-c2cn[nH]c2)c1. The Hall–Kier alpha value is -2.14. The topological polar surface area (TPSA) is 78.0 Å². The van der Waals surface area contributed by atoms with Crippen LogP contribution in [0.5, 0.6) is 0 Å². The van der Waals surface area contributed by atoms with E-state index in [1.54, 1.807) is 18.5 Å². The molecule has 0 saturated heterocycles. The Morgan fingerprint density at radius 1 is 1.40 bits per heavy atom. The lowest BCUT2D eigenvalue weighted by molar-refractivity contribution is 0.0911. The summed E-state index contributed by atoms with van der Waals surface area (Å²) in [6.07, 6.45) is 3.50. The first kappa shape index (κ1) is 14.3. The maximum Gasteiger partial charge on any atom is 0.251 e. The molecule has 0 aliphatic heterocycles. The average Bonchev–Trinajstić information content (AvgIpc) is 2.99. The number of hydrogen-bond acceptors (Lipinski definition) is 3. The molecule has 0 aliphatic carbocycles. The fourth-order valence-corrected chi connectivity index (χ4v) is 1.73. The summed E-state index contributed by atoms with van der Waals surface area (Å²) in [5.41, 5.74) is 2.15. The molecule has 106 valence electrons. The lowest BCUT2D eigenvalue weighted by atomic mass is 9.95. The van der Waals surface area contributed by atoms with Crippen molar-refractivity contribution in [3.05, 3.63) is 42.2 Å². The molecule has 0 aliphatic rings. The van der Waals surface area contributed by atoms with Crippen LogP contribution in [0, 0.1) is 5.41 Å². The number of carbonyl (C=O) groups is 1. The third-order valence-corrected chi connectivity index (χ3v) is 3.11. The minimum absolute atomic E-state index is 0.0301. The predicted molar refractivity (Wildman–Crippen MR) is 77.2 cm³/mol. The highest BCUT2D eigenvalue weighted by molar-refractivity contribution is 5.95. The molecule has 0 unspecified atom stereocenters. The van der Waals surface area contributed by atoms with Crippen molar-refractivity contribution in [1.29, 1.82) is 0 Å². The summed E-state index contributed by atoms with van der Waals surface area (Å²) >= 11 is 0. The Balaban J connectivity index is 2.09. The fraction of sp³-hybridized carbons (Fsp3) is 0.333. The van der Waals surface area contributed by atoms with E-state index in [2.05, 4.69) is 15.5 Å². The molecule has 5 nitrogen and oxygen atoms in total. The fourth-order valence-electron chi connectivity index (χ4n) is 1.73. The van der Waals surface area contributed by atoms with Gasteiger partial charge in [0.25, 0.3) is 5.91 Å². The van der Waals surface area contributed by atoms with Gasteiger partial charge < -0.3 is 10.4 Å². The van der Waals surface area contributed by atoms with Crippen molar-refractivity contribution >= 4 is 5.91 Å². The molecule has 0 fully saturated rings. The number of amides is 1. The molecule has 5 heteroatoms. The summed E-state index contributed by atoms with van der Waals surface area (Å²) in [6, 6.07) is 7.37. The highest BCUT2D eigenvalue weighted by Crippen LogP contribution is 2.19. The number of nitrogens with zero attached hydrogens (tertiary/aromatic N) is 1. The number of nitrogens with one attached hydrogen (secondary N) is 2. The van der Waals surface area contributed by atoms with E-state index in [9.17, 15) is 9.90 Å². The summed E-state index contributed by atoms with van der Waals surface area (Å²) in [6.45, 7) is 4.25. The van der Waals surface area contributed by atoms with Gasteiger partial charge in [-0.05, 0) is 17.7 Å². The van der Waals surface area contributed by atoms with Crippen molar-refractivity contribution in [2.24, 2.45) is 5.41 Å². The highest BCUT2D eigenvalue weighted by atomic mass is 16.3. The Kier molecular flexibility index (Phi) is 4.20. The molecule has 3 N–H and O–H groups in total. The van der Waals surface area contributed by atoms with Crippen LogP contribution in [0.1, 0.15) is 24.2 Å². The first-order valence-electron chi connectivity index (χ1n) is 6.50. The number of aliphatic hydroxyl groups is 1. The molecular weight excluding hydrogens is 254 g/mol. The minimum atomic E-state index is -0.322. The largest absolute Gasteiger partial charge is 0.396 e. The van der Waals surface area contributed by atoms with Crippen LogP contribution in [-0.4, -0.2) is 34.4 Å². The Morgan fingerprint density at radius 2 is 2.20 bits per heavy atom. The van der Waals surface area contributed by atoms with E-state index in [4.69, 9.17) is 0 Å². The number of aromatic nitrogens is 2. The van der Waals surface area contributed by atoms with E-state index in [1.807, 2.05) is 32.0 Å². The van der Waals surface area contributed by atoms with Crippen molar-refractivity contribution in [3.8, 4) is 11.1 Å². The third kappa shape index (κ3) is 3.45. The molecule has 1 aromatic heterocycles. The van der Waals surface area contributed by atoms with Gasteiger partial charge in [0, 0.05) is 35.9 Å². The van der Waals surface area contributed by atoms with Crippen LogP contribution in [-0.2, 0) is 0 Å². The van der Waals surface area contributed by atoms with Crippen LogP contribution in [0.25, 0.3) is 11.1 Å².